The predicted octanol–water partition coefficient (Wildman–Crippen LogP) is 5.56. The summed E-state index contributed by atoms with van der Waals surface area (Å²) < 4.78 is 11.7. The first-order valence-electron chi connectivity index (χ1n) is 14.2. The van der Waals surface area contributed by atoms with E-state index in [1.165, 1.54) is 29.2 Å². The molecule has 6 heteroatoms. The Morgan fingerprint density at radius 3 is 2.47 bits per heavy atom. The zero-order valence-corrected chi connectivity index (χ0v) is 23.5. The fourth-order valence-electron chi connectivity index (χ4n) is 8.19. The molecule has 0 radical (unpaired) electrons. The highest BCUT2D eigenvalue weighted by Gasteiger charge is 2.68. The molecule has 0 heterocycles. The number of Topliss-reactive ketones (excluding diaryl/α,β-unsaturated/α-hetero) is 1. The van der Waals surface area contributed by atoms with Gasteiger partial charge in [-0.05, 0) is 92.2 Å². The third-order valence-electron chi connectivity index (χ3n) is 9.87. The summed E-state index contributed by atoms with van der Waals surface area (Å²) in [6.45, 7) is 5.88. The number of ether oxygens (including phenoxy) is 2. The van der Waals surface area contributed by atoms with Crippen molar-refractivity contribution in [1.29, 1.82) is 0 Å². The van der Waals surface area contributed by atoms with E-state index in [2.05, 4.69) is 36.1 Å². The van der Waals surface area contributed by atoms with Crippen molar-refractivity contribution in [2.45, 2.75) is 77.2 Å². The van der Waals surface area contributed by atoms with Crippen LogP contribution < -0.4 is 4.90 Å². The zero-order valence-electron chi connectivity index (χ0n) is 23.5. The van der Waals surface area contributed by atoms with Crippen LogP contribution in [0.4, 0.5) is 5.69 Å². The molecule has 0 amide bonds. The van der Waals surface area contributed by atoms with Crippen LogP contribution in [0.25, 0.3) is 0 Å². The Labute approximate surface area is 226 Å². The third-order valence-corrected chi connectivity index (χ3v) is 9.87. The van der Waals surface area contributed by atoms with Gasteiger partial charge in [0.1, 0.15) is 6.61 Å². The lowest BCUT2D eigenvalue weighted by atomic mass is 9.50. The van der Waals surface area contributed by atoms with Crippen molar-refractivity contribution in [2.75, 3.05) is 32.2 Å². The van der Waals surface area contributed by atoms with Crippen molar-refractivity contribution < 1.29 is 23.9 Å². The average molecular weight is 520 g/mol. The van der Waals surface area contributed by atoms with Gasteiger partial charge in [-0.1, -0.05) is 24.6 Å². The van der Waals surface area contributed by atoms with Gasteiger partial charge in [0.15, 0.2) is 11.4 Å². The van der Waals surface area contributed by atoms with E-state index >= 15 is 0 Å². The van der Waals surface area contributed by atoms with Crippen molar-refractivity contribution in [3.05, 3.63) is 52.6 Å². The molecule has 5 rings (SSSR count). The van der Waals surface area contributed by atoms with Crippen LogP contribution >= 0.6 is 0 Å². The summed E-state index contributed by atoms with van der Waals surface area (Å²) >= 11 is 0. The standard InChI is InChI=1S/C32H41NO5/c1-6-37-19-29(36)32(38-20(2)34)16-15-28-26-13-9-22-17-24(35)12-14-25(22)30(26)27(18-31(28,32)3)21-7-10-23(11-8-21)33(4)5/h7-8,10-11,17,26-28H,6,9,12-16,18-19H2,1-5H3/t26?,27?,28?,31-,32+/m0/s1. The lowest BCUT2D eigenvalue weighted by Crippen LogP contribution is -2.58. The van der Waals surface area contributed by atoms with Crippen molar-refractivity contribution >= 4 is 23.2 Å². The van der Waals surface area contributed by atoms with E-state index in [1.54, 1.807) is 0 Å². The molecule has 204 valence electrons. The predicted molar refractivity (Wildman–Crippen MR) is 147 cm³/mol. The summed E-state index contributed by atoms with van der Waals surface area (Å²) in [5.74, 6) is 0.324. The van der Waals surface area contributed by atoms with Gasteiger partial charge in [-0.2, -0.15) is 0 Å². The van der Waals surface area contributed by atoms with E-state index in [0.717, 1.165) is 37.8 Å². The summed E-state index contributed by atoms with van der Waals surface area (Å²) in [4.78, 5) is 40.7. The number of carbonyl (C=O) groups excluding carboxylic acids is 3. The maximum Gasteiger partial charge on any atom is 0.303 e. The lowest BCUT2D eigenvalue weighted by molar-refractivity contribution is -0.185. The van der Waals surface area contributed by atoms with E-state index < -0.39 is 17.0 Å². The van der Waals surface area contributed by atoms with Gasteiger partial charge in [0.2, 0.25) is 5.78 Å². The molecule has 0 spiro atoms. The maximum atomic E-state index is 13.8. The zero-order chi connectivity index (χ0) is 27.2. The fourth-order valence-corrected chi connectivity index (χ4v) is 8.19. The van der Waals surface area contributed by atoms with Gasteiger partial charge in [0, 0.05) is 51.1 Å². The van der Waals surface area contributed by atoms with Crippen molar-refractivity contribution in [2.24, 2.45) is 17.3 Å². The van der Waals surface area contributed by atoms with Gasteiger partial charge in [-0.25, -0.2) is 0 Å². The number of hydrogen-bond acceptors (Lipinski definition) is 6. The molecule has 0 saturated heterocycles. The number of anilines is 1. The highest BCUT2D eigenvalue weighted by atomic mass is 16.6. The summed E-state index contributed by atoms with van der Waals surface area (Å²) in [6, 6.07) is 8.74. The molecule has 2 fully saturated rings. The minimum absolute atomic E-state index is 0.0398. The molecule has 0 N–H and O–H groups in total. The monoisotopic (exact) mass is 519 g/mol. The fraction of sp³-hybridized carbons (Fsp3) is 0.594. The second-order valence-electron chi connectivity index (χ2n) is 12.0. The molecule has 6 nitrogen and oxygen atoms in total. The minimum Gasteiger partial charge on any atom is -0.451 e. The molecule has 1 aromatic rings. The second kappa shape index (κ2) is 10.1. The van der Waals surface area contributed by atoms with Gasteiger partial charge < -0.3 is 14.4 Å². The topological polar surface area (TPSA) is 72.9 Å². The van der Waals surface area contributed by atoms with Crippen molar-refractivity contribution in [3.8, 4) is 0 Å². The highest BCUT2D eigenvalue weighted by Crippen LogP contribution is 2.67. The Morgan fingerprint density at radius 2 is 1.82 bits per heavy atom. The largest absolute Gasteiger partial charge is 0.451 e. The summed E-state index contributed by atoms with van der Waals surface area (Å²) in [7, 11) is 4.07. The van der Waals surface area contributed by atoms with Gasteiger partial charge in [-0.15, -0.1) is 0 Å². The van der Waals surface area contributed by atoms with Crippen LogP contribution in [0.2, 0.25) is 0 Å². The van der Waals surface area contributed by atoms with Crippen LogP contribution in [0.3, 0.4) is 0 Å². The van der Waals surface area contributed by atoms with Crippen LogP contribution in [-0.4, -0.2) is 50.4 Å². The molecule has 0 bridgehead atoms. The molecule has 0 aromatic heterocycles. The van der Waals surface area contributed by atoms with E-state index in [-0.39, 0.29) is 30.0 Å². The first-order valence-corrected chi connectivity index (χ1v) is 14.2. The number of carbonyl (C=O) groups is 3. The SMILES string of the molecule is CCOCC(=O)[C@]1(OC(C)=O)CCC2C3CCC4=CC(=O)CCC4=C3C(c3ccc(N(C)C)cc3)C[C@@]21C. The van der Waals surface area contributed by atoms with Crippen LogP contribution in [0, 0.1) is 17.3 Å². The Hall–Kier alpha value is -2.73. The molecular formula is C32H41NO5. The molecule has 3 unspecified atom stereocenters. The molecule has 4 aliphatic carbocycles. The average Bonchev–Trinajstić information content (AvgIpc) is 3.18. The number of fused-ring (bicyclic) bond motifs is 4. The first-order chi connectivity index (χ1) is 18.1. The molecule has 38 heavy (non-hydrogen) atoms. The third kappa shape index (κ3) is 4.25. The molecular weight excluding hydrogens is 478 g/mol. The first kappa shape index (κ1) is 26.9. The Bertz CT molecular complexity index is 1190. The Morgan fingerprint density at radius 1 is 1.08 bits per heavy atom. The van der Waals surface area contributed by atoms with E-state index in [9.17, 15) is 14.4 Å². The van der Waals surface area contributed by atoms with E-state index in [1.807, 2.05) is 27.1 Å². The van der Waals surface area contributed by atoms with Crippen LogP contribution in [-0.2, 0) is 23.9 Å². The summed E-state index contributed by atoms with van der Waals surface area (Å²) in [5, 5.41) is 0. The second-order valence-corrected chi connectivity index (χ2v) is 12.0. The Kier molecular flexibility index (Phi) is 7.14. The molecule has 5 atom stereocenters. The number of esters is 1. The molecule has 0 aliphatic heterocycles. The van der Waals surface area contributed by atoms with Gasteiger partial charge in [0.25, 0.3) is 0 Å². The lowest BCUT2D eigenvalue weighted by Gasteiger charge is -2.55. The van der Waals surface area contributed by atoms with Gasteiger partial charge >= 0.3 is 5.97 Å². The van der Waals surface area contributed by atoms with E-state index in [0.29, 0.717) is 25.4 Å². The quantitative estimate of drug-likeness (QED) is 0.439. The van der Waals surface area contributed by atoms with Crippen LogP contribution in [0.5, 0.6) is 0 Å². The summed E-state index contributed by atoms with van der Waals surface area (Å²) in [5.41, 5.74) is 4.70. The Balaban J connectivity index is 1.66. The van der Waals surface area contributed by atoms with Gasteiger partial charge in [-0.3, -0.25) is 14.4 Å². The van der Waals surface area contributed by atoms with Crippen molar-refractivity contribution in [1.82, 2.24) is 0 Å². The number of benzene rings is 1. The minimum atomic E-state index is -1.19. The number of ketones is 2. The van der Waals surface area contributed by atoms with Crippen LogP contribution in [0.15, 0.2) is 47.1 Å². The summed E-state index contributed by atoms with van der Waals surface area (Å²) in [6.07, 6.45) is 7.19. The number of rotatable bonds is 7. The van der Waals surface area contributed by atoms with Crippen LogP contribution in [0.1, 0.15) is 77.2 Å². The highest BCUT2D eigenvalue weighted by molar-refractivity contribution is 5.93. The molecule has 2 saturated carbocycles. The smallest absolute Gasteiger partial charge is 0.303 e. The number of allylic oxidation sites excluding steroid dienone is 4. The van der Waals surface area contributed by atoms with Gasteiger partial charge in [0.05, 0.1) is 0 Å². The molecule has 4 aliphatic rings. The van der Waals surface area contributed by atoms with Crippen molar-refractivity contribution in [3.63, 3.8) is 0 Å². The number of nitrogens with zero attached hydrogens (tertiary/aromatic N) is 1. The normalized spacial score (nSPS) is 32.2. The number of hydrogen-bond donors (Lipinski definition) is 0. The molecule has 1 aromatic carbocycles. The van der Waals surface area contributed by atoms with E-state index in [4.69, 9.17) is 9.47 Å². The maximum absolute atomic E-state index is 13.8.